The first-order chi connectivity index (χ1) is 7.81. The van der Waals surface area contributed by atoms with Gasteiger partial charge in [0.2, 0.25) is 0 Å². The first kappa shape index (κ1) is 11.8. The predicted molar refractivity (Wildman–Crippen MR) is 69.3 cm³/mol. The number of nitrogens with one attached hydrogen (secondary N) is 1. The highest BCUT2D eigenvalue weighted by atomic mass is 32.2. The van der Waals surface area contributed by atoms with Gasteiger partial charge >= 0.3 is 0 Å². The van der Waals surface area contributed by atoms with Crippen LogP contribution in [0, 0.1) is 0 Å². The van der Waals surface area contributed by atoms with Crippen molar-refractivity contribution in [3.63, 3.8) is 0 Å². The van der Waals surface area contributed by atoms with Crippen LogP contribution in [0.1, 0.15) is 19.3 Å². The number of thioether (sulfide) groups is 1. The molecule has 2 unspecified atom stereocenters. The van der Waals surface area contributed by atoms with Crippen LogP contribution in [-0.2, 0) is 0 Å². The molecule has 0 heterocycles. The van der Waals surface area contributed by atoms with E-state index in [1.807, 2.05) is 23.9 Å². The van der Waals surface area contributed by atoms with Crippen molar-refractivity contribution >= 4 is 11.8 Å². The van der Waals surface area contributed by atoms with E-state index in [1.165, 1.54) is 24.2 Å². The molecule has 1 aliphatic carbocycles. The van der Waals surface area contributed by atoms with E-state index in [2.05, 4.69) is 24.5 Å². The van der Waals surface area contributed by atoms with Crippen molar-refractivity contribution in [1.29, 1.82) is 0 Å². The molecule has 2 rings (SSSR count). The maximum Gasteiger partial charge on any atom is 0.118 e. The molecule has 1 fully saturated rings. The molecule has 1 aromatic rings. The molecule has 2 atom stereocenters. The zero-order valence-corrected chi connectivity index (χ0v) is 10.7. The van der Waals surface area contributed by atoms with Crippen LogP contribution in [0.3, 0.4) is 0 Å². The van der Waals surface area contributed by atoms with E-state index in [4.69, 9.17) is 4.74 Å². The molecule has 0 aliphatic heterocycles. The molecule has 0 bridgehead atoms. The van der Waals surface area contributed by atoms with E-state index in [-0.39, 0.29) is 0 Å². The normalized spacial score (nSPS) is 24.6. The number of rotatable bonds is 4. The topological polar surface area (TPSA) is 21.3 Å². The Hall–Kier alpha value is -0.670. The fraction of sp³-hybridized carbons (Fsp3) is 0.538. The van der Waals surface area contributed by atoms with E-state index in [9.17, 15) is 0 Å². The summed E-state index contributed by atoms with van der Waals surface area (Å²) in [6, 6.07) is 9.09. The maximum absolute atomic E-state index is 5.15. The summed E-state index contributed by atoms with van der Waals surface area (Å²) < 4.78 is 5.15. The SMILES string of the molecule is CNC1CCC(Sc2ccc(OC)cc2)C1. The summed E-state index contributed by atoms with van der Waals surface area (Å²) in [5.41, 5.74) is 0. The minimum absolute atomic E-state index is 0.718. The van der Waals surface area contributed by atoms with Gasteiger partial charge in [-0.2, -0.15) is 0 Å². The highest BCUT2D eigenvalue weighted by molar-refractivity contribution is 8.00. The van der Waals surface area contributed by atoms with E-state index in [0.29, 0.717) is 0 Å². The Balaban J connectivity index is 1.89. The monoisotopic (exact) mass is 237 g/mol. The summed E-state index contributed by atoms with van der Waals surface area (Å²) in [4.78, 5) is 1.35. The van der Waals surface area contributed by atoms with Crippen molar-refractivity contribution in [3.8, 4) is 5.75 Å². The Kier molecular flexibility index (Phi) is 4.13. The van der Waals surface area contributed by atoms with Crippen LogP contribution in [-0.4, -0.2) is 25.4 Å². The fourth-order valence-corrected chi connectivity index (χ4v) is 3.42. The summed E-state index contributed by atoms with van der Waals surface area (Å²) in [6.45, 7) is 0. The molecule has 1 aromatic carbocycles. The lowest BCUT2D eigenvalue weighted by Gasteiger charge is -2.10. The molecule has 1 aliphatic rings. The second-order valence-electron chi connectivity index (χ2n) is 4.21. The van der Waals surface area contributed by atoms with E-state index < -0.39 is 0 Å². The minimum Gasteiger partial charge on any atom is -0.497 e. The van der Waals surface area contributed by atoms with Gasteiger partial charge in [0.05, 0.1) is 7.11 Å². The summed E-state index contributed by atoms with van der Waals surface area (Å²) >= 11 is 1.99. The third-order valence-electron chi connectivity index (χ3n) is 3.15. The Bertz CT molecular complexity index is 325. The van der Waals surface area contributed by atoms with Gasteiger partial charge in [-0.1, -0.05) is 0 Å². The fourth-order valence-electron chi connectivity index (χ4n) is 2.16. The lowest BCUT2D eigenvalue weighted by molar-refractivity contribution is 0.414. The third-order valence-corrected chi connectivity index (χ3v) is 4.46. The zero-order chi connectivity index (χ0) is 11.4. The van der Waals surface area contributed by atoms with Crippen LogP contribution in [0.2, 0.25) is 0 Å². The second kappa shape index (κ2) is 5.60. The lowest BCUT2D eigenvalue weighted by Crippen LogP contribution is -2.21. The Morgan fingerprint density at radius 1 is 1.25 bits per heavy atom. The van der Waals surface area contributed by atoms with Crippen molar-refractivity contribution in [1.82, 2.24) is 5.32 Å². The van der Waals surface area contributed by atoms with Crippen molar-refractivity contribution in [2.75, 3.05) is 14.2 Å². The largest absolute Gasteiger partial charge is 0.497 e. The van der Waals surface area contributed by atoms with Crippen LogP contribution in [0.25, 0.3) is 0 Å². The van der Waals surface area contributed by atoms with Gasteiger partial charge in [-0.05, 0) is 50.6 Å². The quantitative estimate of drug-likeness (QED) is 0.870. The summed E-state index contributed by atoms with van der Waals surface area (Å²) in [6.07, 6.45) is 3.92. The molecule has 16 heavy (non-hydrogen) atoms. The van der Waals surface area contributed by atoms with E-state index >= 15 is 0 Å². The average Bonchev–Trinajstić information content (AvgIpc) is 2.78. The van der Waals surface area contributed by atoms with Gasteiger partial charge in [-0.25, -0.2) is 0 Å². The minimum atomic E-state index is 0.718. The van der Waals surface area contributed by atoms with Crippen LogP contribution in [0.15, 0.2) is 29.2 Å². The summed E-state index contributed by atoms with van der Waals surface area (Å²) in [7, 11) is 3.77. The highest BCUT2D eigenvalue weighted by Crippen LogP contribution is 2.35. The predicted octanol–water partition coefficient (Wildman–Crippen LogP) is 2.93. The van der Waals surface area contributed by atoms with Gasteiger partial charge < -0.3 is 10.1 Å². The Labute approximate surface area is 102 Å². The number of methoxy groups -OCH3 is 1. The molecule has 88 valence electrons. The number of benzene rings is 1. The first-order valence-electron chi connectivity index (χ1n) is 5.80. The van der Waals surface area contributed by atoms with Gasteiger partial charge in [0.15, 0.2) is 0 Å². The molecule has 0 saturated heterocycles. The Morgan fingerprint density at radius 2 is 2.00 bits per heavy atom. The third kappa shape index (κ3) is 2.92. The van der Waals surface area contributed by atoms with Crippen molar-refractivity contribution < 1.29 is 4.74 Å². The van der Waals surface area contributed by atoms with Crippen LogP contribution in [0.4, 0.5) is 0 Å². The molecule has 0 spiro atoms. The smallest absolute Gasteiger partial charge is 0.118 e. The maximum atomic E-state index is 5.15. The molecule has 2 nitrogen and oxygen atoms in total. The van der Waals surface area contributed by atoms with Crippen LogP contribution in [0.5, 0.6) is 5.75 Å². The molecular formula is C13H19NOS. The van der Waals surface area contributed by atoms with E-state index in [0.717, 1.165) is 17.0 Å². The standard InChI is InChI=1S/C13H19NOS/c1-14-10-3-6-13(9-10)16-12-7-4-11(15-2)5-8-12/h4-5,7-8,10,13-14H,3,6,9H2,1-2H3. The number of hydrogen-bond donors (Lipinski definition) is 1. The number of hydrogen-bond acceptors (Lipinski definition) is 3. The van der Waals surface area contributed by atoms with Crippen molar-refractivity contribution in [3.05, 3.63) is 24.3 Å². The first-order valence-corrected chi connectivity index (χ1v) is 6.67. The molecular weight excluding hydrogens is 218 g/mol. The molecule has 0 radical (unpaired) electrons. The Morgan fingerprint density at radius 3 is 2.56 bits per heavy atom. The molecule has 3 heteroatoms. The van der Waals surface area contributed by atoms with Crippen molar-refractivity contribution in [2.45, 2.75) is 35.4 Å². The summed E-state index contributed by atoms with van der Waals surface area (Å²) in [5.74, 6) is 0.934. The molecule has 0 aromatic heterocycles. The van der Waals surface area contributed by atoms with Gasteiger partial charge in [-0.3, -0.25) is 0 Å². The zero-order valence-electron chi connectivity index (χ0n) is 9.90. The van der Waals surface area contributed by atoms with E-state index in [1.54, 1.807) is 7.11 Å². The van der Waals surface area contributed by atoms with Crippen molar-refractivity contribution in [2.24, 2.45) is 0 Å². The van der Waals surface area contributed by atoms with Crippen LogP contribution < -0.4 is 10.1 Å². The average molecular weight is 237 g/mol. The lowest BCUT2D eigenvalue weighted by atomic mass is 10.3. The molecule has 1 saturated carbocycles. The number of ether oxygens (including phenoxy) is 1. The van der Waals surface area contributed by atoms with Gasteiger partial charge in [-0.15, -0.1) is 11.8 Å². The molecule has 0 amide bonds. The summed E-state index contributed by atoms with van der Waals surface area (Å²) in [5, 5.41) is 4.13. The van der Waals surface area contributed by atoms with Gasteiger partial charge in [0, 0.05) is 16.2 Å². The van der Waals surface area contributed by atoms with Gasteiger partial charge in [0.1, 0.15) is 5.75 Å². The highest BCUT2D eigenvalue weighted by Gasteiger charge is 2.23. The van der Waals surface area contributed by atoms with Gasteiger partial charge in [0.25, 0.3) is 0 Å². The second-order valence-corrected chi connectivity index (χ2v) is 5.59. The van der Waals surface area contributed by atoms with Crippen LogP contribution >= 0.6 is 11.8 Å². The molecule has 1 N–H and O–H groups in total.